The summed E-state index contributed by atoms with van der Waals surface area (Å²) in [6.07, 6.45) is 0.511. The number of aromatic nitrogens is 3. The minimum Gasteiger partial charge on any atom is -0.394 e. The van der Waals surface area contributed by atoms with Crippen LogP contribution in [0.2, 0.25) is 0 Å². The van der Waals surface area contributed by atoms with Crippen molar-refractivity contribution in [3.8, 4) is 11.5 Å². The van der Waals surface area contributed by atoms with Crippen LogP contribution in [0.3, 0.4) is 0 Å². The molecule has 4 rings (SSSR count). The molecule has 2 heterocycles. The molecule has 0 saturated carbocycles. The summed E-state index contributed by atoms with van der Waals surface area (Å²) in [5, 5.41) is 28.6. The molecule has 28 heavy (non-hydrogen) atoms. The van der Waals surface area contributed by atoms with Crippen molar-refractivity contribution in [3.05, 3.63) is 78.1 Å². The summed E-state index contributed by atoms with van der Waals surface area (Å²) < 4.78 is 18.3. The van der Waals surface area contributed by atoms with Gasteiger partial charge in [0.1, 0.15) is 23.8 Å². The van der Waals surface area contributed by atoms with Crippen molar-refractivity contribution in [2.45, 2.75) is 12.3 Å². The summed E-state index contributed by atoms with van der Waals surface area (Å²) in [4.78, 5) is 8.67. The van der Waals surface area contributed by atoms with Gasteiger partial charge in [-0.2, -0.15) is 4.98 Å². The number of aliphatic hydroxyl groups excluding tert-OH is 2. The summed E-state index contributed by atoms with van der Waals surface area (Å²) in [6, 6.07) is 14.1. The molecule has 0 amide bonds. The third kappa shape index (κ3) is 3.61. The molecular weight excluding hydrogens is 363 g/mol. The van der Waals surface area contributed by atoms with Crippen molar-refractivity contribution in [1.29, 1.82) is 0 Å². The topological polar surface area (TPSA) is 104 Å². The molecule has 8 heteroatoms. The van der Waals surface area contributed by atoms with E-state index in [0.717, 1.165) is 10.8 Å². The van der Waals surface area contributed by atoms with Crippen molar-refractivity contribution >= 4 is 10.8 Å². The molecule has 0 fully saturated rings. The number of benzene rings is 2. The molecule has 4 aromatic rings. The number of aliphatic hydroxyl groups is 2. The van der Waals surface area contributed by atoms with E-state index < -0.39 is 18.1 Å². The minimum absolute atomic E-state index is 0.105. The van der Waals surface area contributed by atoms with Crippen LogP contribution in [0.15, 0.2) is 65.3 Å². The van der Waals surface area contributed by atoms with Crippen LogP contribution in [0.4, 0.5) is 4.39 Å². The molecule has 0 radical (unpaired) electrons. The van der Waals surface area contributed by atoms with Gasteiger partial charge in [-0.1, -0.05) is 41.6 Å². The molecule has 2 atom stereocenters. The summed E-state index contributed by atoms with van der Waals surface area (Å²) in [7, 11) is 0. The highest BCUT2D eigenvalue weighted by molar-refractivity contribution is 5.92. The first-order valence-corrected chi connectivity index (χ1v) is 8.64. The van der Waals surface area contributed by atoms with Gasteiger partial charge in [-0.3, -0.25) is 10.3 Å². The zero-order chi connectivity index (χ0) is 19.5. The Morgan fingerprint density at radius 2 is 1.86 bits per heavy atom. The number of hydrogen-bond donors (Lipinski definition) is 3. The van der Waals surface area contributed by atoms with Gasteiger partial charge in [-0.05, 0) is 29.1 Å². The first kappa shape index (κ1) is 18.2. The van der Waals surface area contributed by atoms with E-state index in [1.54, 1.807) is 6.20 Å². The predicted molar refractivity (Wildman–Crippen MR) is 99.4 cm³/mol. The van der Waals surface area contributed by atoms with Crippen LogP contribution in [-0.2, 0) is 0 Å². The number of pyridine rings is 1. The molecule has 142 valence electrons. The Balaban J connectivity index is 1.59. The number of fused-ring (bicyclic) bond motifs is 1. The summed E-state index contributed by atoms with van der Waals surface area (Å²) >= 11 is 0. The largest absolute Gasteiger partial charge is 0.394 e. The number of nitrogens with zero attached hydrogens (tertiary/aromatic N) is 3. The van der Waals surface area contributed by atoms with Crippen LogP contribution in [0.25, 0.3) is 22.3 Å². The van der Waals surface area contributed by atoms with E-state index in [1.165, 1.54) is 24.3 Å². The Morgan fingerprint density at radius 3 is 2.64 bits per heavy atom. The highest BCUT2D eigenvalue weighted by Gasteiger charge is 2.23. The van der Waals surface area contributed by atoms with Gasteiger partial charge in [0.15, 0.2) is 0 Å². The second kappa shape index (κ2) is 7.81. The Bertz CT molecular complexity index is 1080. The molecule has 2 aromatic heterocycles. The van der Waals surface area contributed by atoms with E-state index in [-0.39, 0.29) is 18.3 Å². The first-order chi connectivity index (χ1) is 13.7. The third-order valence-electron chi connectivity index (χ3n) is 4.35. The van der Waals surface area contributed by atoms with Crippen molar-refractivity contribution in [2.75, 3.05) is 6.61 Å². The van der Waals surface area contributed by atoms with Crippen LogP contribution in [0, 0.1) is 5.82 Å². The Morgan fingerprint density at radius 1 is 1.07 bits per heavy atom. The fourth-order valence-corrected chi connectivity index (χ4v) is 2.90. The average molecular weight is 380 g/mol. The highest BCUT2D eigenvalue weighted by Crippen LogP contribution is 2.25. The molecule has 0 aliphatic carbocycles. The quantitative estimate of drug-likeness (QED) is 0.442. The normalized spacial score (nSPS) is 13.5. The van der Waals surface area contributed by atoms with E-state index in [1.807, 2.05) is 30.3 Å². The van der Waals surface area contributed by atoms with Gasteiger partial charge < -0.3 is 14.7 Å². The lowest BCUT2D eigenvalue weighted by molar-refractivity contribution is 0.0935. The highest BCUT2D eigenvalue weighted by atomic mass is 19.1. The van der Waals surface area contributed by atoms with E-state index in [4.69, 9.17) is 4.52 Å². The number of nitrogens with one attached hydrogen (secondary N) is 1. The predicted octanol–water partition coefficient (Wildman–Crippen LogP) is 2.74. The Kier molecular flexibility index (Phi) is 5.07. The van der Waals surface area contributed by atoms with Gasteiger partial charge in [0.05, 0.1) is 6.61 Å². The number of halogens is 1. The monoisotopic (exact) mass is 380 g/mol. The lowest BCUT2D eigenvalue weighted by Crippen LogP contribution is -2.29. The first-order valence-electron chi connectivity index (χ1n) is 8.64. The van der Waals surface area contributed by atoms with Gasteiger partial charge in [0, 0.05) is 11.6 Å². The second-order valence-electron chi connectivity index (χ2n) is 6.19. The molecule has 0 aliphatic rings. The van der Waals surface area contributed by atoms with E-state index in [2.05, 4.69) is 20.4 Å². The zero-order valence-electron chi connectivity index (χ0n) is 14.7. The number of hydrogen-bond acceptors (Lipinski definition) is 7. The fraction of sp³-hybridized carbons (Fsp3) is 0.150. The van der Waals surface area contributed by atoms with Crippen molar-refractivity contribution < 1.29 is 19.1 Å². The van der Waals surface area contributed by atoms with Gasteiger partial charge in [-0.25, -0.2) is 4.39 Å². The summed E-state index contributed by atoms with van der Waals surface area (Å²) in [5.74, 6) is -0.0180. The van der Waals surface area contributed by atoms with Crippen LogP contribution >= 0.6 is 0 Å². The average Bonchev–Trinajstić information content (AvgIpc) is 3.21. The van der Waals surface area contributed by atoms with Crippen molar-refractivity contribution in [1.82, 2.24) is 20.4 Å². The van der Waals surface area contributed by atoms with Crippen LogP contribution in [0.1, 0.15) is 23.7 Å². The Hall–Kier alpha value is -3.20. The maximum Gasteiger partial charge on any atom is 0.246 e. The molecule has 3 N–H and O–H groups in total. The molecule has 0 aliphatic heterocycles. The van der Waals surface area contributed by atoms with E-state index in [0.29, 0.717) is 11.3 Å². The maximum absolute atomic E-state index is 13.0. The van der Waals surface area contributed by atoms with Gasteiger partial charge in [0.25, 0.3) is 0 Å². The van der Waals surface area contributed by atoms with Gasteiger partial charge >= 0.3 is 0 Å². The maximum atomic E-state index is 13.0. The van der Waals surface area contributed by atoms with Crippen molar-refractivity contribution in [2.24, 2.45) is 0 Å². The smallest absolute Gasteiger partial charge is 0.246 e. The van der Waals surface area contributed by atoms with E-state index in [9.17, 15) is 14.6 Å². The number of rotatable bonds is 6. The molecule has 1 unspecified atom stereocenters. The minimum atomic E-state index is -1.15. The lowest BCUT2D eigenvalue weighted by atomic mass is 10.1. The molecule has 0 spiro atoms. The Labute approximate surface area is 159 Å². The van der Waals surface area contributed by atoms with Gasteiger partial charge in [-0.15, -0.1) is 0 Å². The third-order valence-corrected chi connectivity index (χ3v) is 4.35. The van der Waals surface area contributed by atoms with Crippen LogP contribution in [-0.4, -0.2) is 31.9 Å². The summed E-state index contributed by atoms with van der Waals surface area (Å²) in [6.45, 7) is -0.386. The lowest BCUT2D eigenvalue weighted by Gasteiger charge is -2.18. The molecule has 0 bridgehead atoms. The zero-order valence-corrected chi connectivity index (χ0v) is 14.7. The SMILES string of the molecule is OC[C@H](NC(O)c1ccc(F)cc1)c1nc(-c2nccc3ccccc23)no1. The van der Waals surface area contributed by atoms with Gasteiger partial charge in [0.2, 0.25) is 11.7 Å². The van der Waals surface area contributed by atoms with Crippen LogP contribution < -0.4 is 5.32 Å². The molecule has 7 nitrogen and oxygen atoms in total. The molecule has 2 aromatic carbocycles. The van der Waals surface area contributed by atoms with Crippen molar-refractivity contribution in [3.63, 3.8) is 0 Å². The fourth-order valence-electron chi connectivity index (χ4n) is 2.90. The standard InChI is InChI=1S/C20H17FN4O3/c21-14-7-5-13(6-8-14)19(27)23-16(11-26)20-24-18(25-28-20)17-15-4-2-1-3-12(15)9-10-22-17/h1-10,16,19,23,26-27H,11H2/t16-,19?/m0/s1. The van der Waals surface area contributed by atoms with E-state index >= 15 is 0 Å². The molecule has 0 saturated heterocycles. The molecular formula is C20H17FN4O3. The summed E-state index contributed by atoms with van der Waals surface area (Å²) in [5.41, 5.74) is 0.999. The van der Waals surface area contributed by atoms with Crippen LogP contribution in [0.5, 0.6) is 0 Å². The second-order valence-corrected chi connectivity index (χ2v) is 6.19.